The lowest BCUT2D eigenvalue weighted by Gasteiger charge is -2.33. The van der Waals surface area contributed by atoms with Crippen LogP contribution in [0.2, 0.25) is 0 Å². The lowest BCUT2D eigenvalue weighted by molar-refractivity contribution is 0.0963. The average Bonchev–Trinajstić information content (AvgIpc) is 2.99. The van der Waals surface area contributed by atoms with Crippen molar-refractivity contribution in [2.75, 3.05) is 18.5 Å². The lowest BCUT2D eigenvalue weighted by atomic mass is 9.99. The summed E-state index contributed by atoms with van der Waals surface area (Å²) >= 11 is 0. The number of aromatic nitrogens is 1. The zero-order valence-electron chi connectivity index (χ0n) is 23.1. The Bertz CT molecular complexity index is 1760. The molecule has 0 aliphatic carbocycles. The van der Waals surface area contributed by atoms with Crippen molar-refractivity contribution >= 4 is 27.1 Å². The fourth-order valence-corrected chi connectivity index (χ4v) is 6.83. The molecule has 2 heterocycles. The number of pyridine rings is 1. The van der Waals surface area contributed by atoms with E-state index in [-0.39, 0.29) is 10.8 Å². The third-order valence-corrected chi connectivity index (χ3v) is 9.31. The predicted molar refractivity (Wildman–Crippen MR) is 160 cm³/mol. The summed E-state index contributed by atoms with van der Waals surface area (Å²) in [4.78, 5) is 29.6. The minimum atomic E-state index is -4.41. The standard InChI is InChI=1S/C32H33N3O5S/c1-3-4-14-26-28(35-20-9-11-22-10-5-8-15-27(22)35)29(36)30(32(38)34-26)41(39,40)23-18-16-21(17-19-23)24-12-6-7-13-25(24)31(37)33-2/h5-8,10,12-13,15-19H,3-4,9,11,14,20H2,1-2H3,(H,33,37)(H2,34,36,38). The highest BCUT2D eigenvalue weighted by atomic mass is 32.2. The Labute approximate surface area is 239 Å². The number of aryl methyl sites for hydroxylation is 2. The van der Waals surface area contributed by atoms with Crippen molar-refractivity contribution in [3.8, 4) is 16.9 Å². The number of amides is 1. The Kier molecular flexibility index (Phi) is 7.99. The van der Waals surface area contributed by atoms with Crippen LogP contribution in [0.4, 0.5) is 11.4 Å². The van der Waals surface area contributed by atoms with E-state index in [4.69, 9.17) is 0 Å². The molecule has 4 aromatic rings. The number of aromatic hydroxyl groups is 1. The second-order valence-electron chi connectivity index (χ2n) is 10.1. The first-order chi connectivity index (χ1) is 19.8. The van der Waals surface area contributed by atoms with Crippen molar-refractivity contribution in [2.24, 2.45) is 0 Å². The Balaban J connectivity index is 1.62. The van der Waals surface area contributed by atoms with E-state index in [0.717, 1.165) is 36.9 Å². The number of para-hydroxylation sites is 1. The van der Waals surface area contributed by atoms with Crippen LogP contribution < -0.4 is 15.8 Å². The molecule has 1 aliphatic heterocycles. The van der Waals surface area contributed by atoms with Gasteiger partial charge in [0.2, 0.25) is 9.84 Å². The zero-order chi connectivity index (χ0) is 29.1. The van der Waals surface area contributed by atoms with Crippen molar-refractivity contribution in [1.29, 1.82) is 0 Å². The molecule has 1 amide bonds. The van der Waals surface area contributed by atoms with Crippen LogP contribution in [0.15, 0.2) is 87.4 Å². The third-order valence-electron chi connectivity index (χ3n) is 7.50. The number of sulfone groups is 1. The molecule has 3 N–H and O–H groups in total. The van der Waals surface area contributed by atoms with Gasteiger partial charge in [0.25, 0.3) is 11.5 Å². The van der Waals surface area contributed by atoms with Crippen LogP contribution in [0.3, 0.4) is 0 Å². The third kappa shape index (κ3) is 5.25. The molecule has 0 unspecified atom stereocenters. The van der Waals surface area contributed by atoms with Gasteiger partial charge in [-0.05, 0) is 66.6 Å². The number of carbonyl (C=O) groups is 1. The number of hydrogen-bond acceptors (Lipinski definition) is 6. The number of fused-ring (bicyclic) bond motifs is 1. The summed E-state index contributed by atoms with van der Waals surface area (Å²) in [6.45, 7) is 2.61. The fourth-order valence-electron chi connectivity index (χ4n) is 5.45. The van der Waals surface area contributed by atoms with E-state index in [9.17, 15) is 23.1 Å². The minimum Gasteiger partial charge on any atom is -0.504 e. The molecule has 9 heteroatoms. The van der Waals surface area contributed by atoms with Crippen molar-refractivity contribution in [3.05, 3.63) is 100.0 Å². The SMILES string of the molecule is CCCCc1[nH]c(=O)c(S(=O)(=O)c2ccc(-c3ccccc3C(=O)NC)cc2)c(O)c1N1CCCc2ccccc21. The van der Waals surface area contributed by atoms with Crippen LogP contribution in [0.1, 0.15) is 47.8 Å². The summed E-state index contributed by atoms with van der Waals surface area (Å²) in [6.07, 6.45) is 3.83. The molecule has 0 saturated carbocycles. The Morgan fingerprint density at radius 2 is 1.73 bits per heavy atom. The first-order valence-corrected chi connectivity index (χ1v) is 15.3. The largest absolute Gasteiger partial charge is 0.504 e. The average molecular weight is 572 g/mol. The van der Waals surface area contributed by atoms with E-state index in [0.29, 0.717) is 41.0 Å². The highest BCUT2D eigenvalue weighted by Gasteiger charge is 2.32. The van der Waals surface area contributed by atoms with Crippen LogP contribution in [-0.2, 0) is 22.7 Å². The summed E-state index contributed by atoms with van der Waals surface area (Å²) in [7, 11) is -2.86. The van der Waals surface area contributed by atoms with Gasteiger partial charge in [-0.1, -0.05) is 61.9 Å². The number of rotatable bonds is 8. The molecule has 0 fully saturated rings. The number of anilines is 2. The number of carbonyl (C=O) groups excluding carboxylic acids is 1. The Hall–Kier alpha value is -4.37. The summed E-state index contributed by atoms with van der Waals surface area (Å²) in [5, 5.41) is 14.2. The monoisotopic (exact) mass is 571 g/mol. The second-order valence-corrected chi connectivity index (χ2v) is 12.0. The summed E-state index contributed by atoms with van der Waals surface area (Å²) < 4.78 is 27.8. The topological polar surface area (TPSA) is 120 Å². The maximum absolute atomic E-state index is 13.9. The van der Waals surface area contributed by atoms with Gasteiger partial charge in [0.05, 0.1) is 4.90 Å². The second kappa shape index (κ2) is 11.6. The highest BCUT2D eigenvalue weighted by molar-refractivity contribution is 7.91. The van der Waals surface area contributed by atoms with Crippen LogP contribution in [0.25, 0.3) is 11.1 Å². The van der Waals surface area contributed by atoms with Gasteiger partial charge in [-0.25, -0.2) is 8.42 Å². The van der Waals surface area contributed by atoms with Gasteiger partial charge in [-0.2, -0.15) is 0 Å². The van der Waals surface area contributed by atoms with Crippen LogP contribution >= 0.6 is 0 Å². The predicted octanol–water partition coefficient (Wildman–Crippen LogP) is 5.37. The smallest absolute Gasteiger partial charge is 0.271 e. The molecule has 8 nitrogen and oxygen atoms in total. The van der Waals surface area contributed by atoms with Gasteiger partial charge in [-0.3, -0.25) is 9.59 Å². The molecule has 0 radical (unpaired) electrons. The van der Waals surface area contributed by atoms with Crippen molar-refractivity contribution < 1.29 is 18.3 Å². The fraction of sp³-hybridized carbons (Fsp3) is 0.250. The van der Waals surface area contributed by atoms with Gasteiger partial charge in [0.15, 0.2) is 10.6 Å². The number of nitrogens with zero attached hydrogens (tertiary/aromatic N) is 1. The number of hydrogen-bond donors (Lipinski definition) is 3. The molecule has 212 valence electrons. The molecule has 0 spiro atoms. The van der Waals surface area contributed by atoms with Crippen molar-refractivity contribution in [1.82, 2.24) is 10.3 Å². The van der Waals surface area contributed by atoms with E-state index < -0.39 is 26.0 Å². The van der Waals surface area contributed by atoms with Crippen molar-refractivity contribution in [2.45, 2.75) is 48.8 Å². The molecular weight excluding hydrogens is 538 g/mol. The van der Waals surface area contributed by atoms with E-state index >= 15 is 0 Å². The number of aromatic amines is 1. The van der Waals surface area contributed by atoms with Gasteiger partial charge in [-0.15, -0.1) is 0 Å². The van der Waals surface area contributed by atoms with E-state index in [1.807, 2.05) is 36.1 Å². The van der Waals surface area contributed by atoms with Crippen LogP contribution in [0.5, 0.6) is 5.75 Å². The number of H-pyrrole nitrogens is 1. The number of unbranched alkanes of at least 4 members (excludes halogenated alkanes) is 1. The van der Waals surface area contributed by atoms with Gasteiger partial charge in [0.1, 0.15) is 5.69 Å². The van der Waals surface area contributed by atoms with Crippen molar-refractivity contribution in [3.63, 3.8) is 0 Å². The van der Waals surface area contributed by atoms with E-state index in [1.165, 1.54) is 12.1 Å². The normalized spacial score (nSPS) is 13.1. The van der Waals surface area contributed by atoms with Crippen LogP contribution in [-0.4, -0.2) is 38.0 Å². The maximum Gasteiger partial charge on any atom is 0.271 e. The van der Waals surface area contributed by atoms with Crippen LogP contribution in [0, 0.1) is 0 Å². The van der Waals surface area contributed by atoms with Gasteiger partial charge < -0.3 is 20.3 Å². The minimum absolute atomic E-state index is 0.134. The first kappa shape index (κ1) is 28.2. The number of benzene rings is 3. The quantitative estimate of drug-likeness (QED) is 0.262. The Morgan fingerprint density at radius 3 is 2.46 bits per heavy atom. The van der Waals surface area contributed by atoms with Gasteiger partial charge >= 0.3 is 0 Å². The molecule has 1 aliphatic rings. The molecule has 3 aromatic carbocycles. The molecule has 1 aromatic heterocycles. The highest BCUT2D eigenvalue weighted by Crippen LogP contribution is 2.43. The molecule has 41 heavy (non-hydrogen) atoms. The zero-order valence-corrected chi connectivity index (χ0v) is 23.9. The molecule has 0 saturated heterocycles. The first-order valence-electron chi connectivity index (χ1n) is 13.8. The maximum atomic E-state index is 13.9. The molecule has 0 bridgehead atoms. The molecule has 0 atom stereocenters. The summed E-state index contributed by atoms with van der Waals surface area (Å²) in [5.41, 5.74) is 3.73. The number of nitrogens with one attached hydrogen (secondary N) is 2. The Morgan fingerprint density at radius 1 is 1.02 bits per heavy atom. The lowest BCUT2D eigenvalue weighted by Crippen LogP contribution is -2.29. The van der Waals surface area contributed by atoms with E-state index in [1.54, 1.807) is 43.4 Å². The molecular formula is C32H33N3O5S. The molecule has 5 rings (SSSR count). The van der Waals surface area contributed by atoms with E-state index in [2.05, 4.69) is 10.3 Å². The van der Waals surface area contributed by atoms with Gasteiger partial charge in [0, 0.05) is 30.5 Å². The summed E-state index contributed by atoms with van der Waals surface area (Å²) in [5.74, 6) is -0.797. The summed E-state index contributed by atoms with van der Waals surface area (Å²) in [6, 6.07) is 20.8.